The van der Waals surface area contributed by atoms with Crippen molar-refractivity contribution in [1.82, 2.24) is 5.32 Å². The maximum absolute atomic E-state index is 12.3. The first-order valence-corrected chi connectivity index (χ1v) is 13.2. The minimum atomic E-state index is -3.09. The Morgan fingerprint density at radius 3 is 2.00 bits per heavy atom. The third-order valence-corrected chi connectivity index (χ3v) is 7.44. The molecule has 0 aromatic carbocycles. The van der Waals surface area contributed by atoms with Crippen LogP contribution in [0.25, 0.3) is 0 Å². The summed E-state index contributed by atoms with van der Waals surface area (Å²) in [5, 5.41) is 126. The number of nitrogens with one attached hydrogen (secondary N) is 1. The zero-order valence-corrected chi connectivity index (χ0v) is 25.7. The van der Waals surface area contributed by atoms with Crippen molar-refractivity contribution in [2.24, 2.45) is 0 Å². The Bertz CT molecular complexity index is 947. The fourth-order valence-electron chi connectivity index (χ4n) is 5.08. The summed E-state index contributed by atoms with van der Waals surface area (Å²) in [5.74, 6) is -6.05. The molecule has 3 heterocycles. The minimum absolute atomic E-state index is 0. The molecule has 0 bridgehead atoms. The first-order chi connectivity index (χ1) is 20.1. The number of carbonyl (C=O) groups excluding carboxylic acids is 2. The first kappa shape index (κ1) is 39.5. The van der Waals surface area contributed by atoms with Crippen molar-refractivity contribution < 1.29 is 124 Å². The molecule has 20 nitrogen and oxygen atoms in total. The van der Waals surface area contributed by atoms with Crippen LogP contribution in [0.3, 0.4) is 0 Å². The van der Waals surface area contributed by atoms with E-state index < -0.39 is 136 Å². The molecule has 44 heavy (non-hydrogen) atoms. The molecular weight excluding hydrogens is 617 g/mol. The molecule has 16 atom stereocenters. The molecule has 12 N–H and O–H groups in total. The maximum atomic E-state index is 12.3. The zero-order valence-electron chi connectivity index (χ0n) is 23.7. The standard InChI is InChI=1S/C23H39NO19.Na/c1-6(28)24-11-7(29)2-23(22(37)38,42-19(11)12(31)8(30)3-25)43-21-17(36)15(34)18(10(5-27)40-21)41-20-16(35)14(33)13(32)9(4-26)39-20;/h7-21,25-27,29-36H,2-5H2,1H3,(H,24,28)(H,37,38);/q;+1/p-1/t7-,8+,9+,10+,11+,12+,13-,14-,15+,16+,17+,18+,19+,20-,21?,23?;/m0./s1. The monoisotopic (exact) mass is 655 g/mol. The molecule has 1 amide bonds. The van der Waals surface area contributed by atoms with E-state index in [1.54, 1.807) is 0 Å². The number of aliphatic hydroxyl groups excluding tert-OH is 11. The Kier molecular flexibility index (Phi) is 14.7. The van der Waals surface area contributed by atoms with Crippen LogP contribution in [-0.4, -0.2) is 186 Å². The second-order valence-electron chi connectivity index (χ2n) is 10.5. The van der Waals surface area contributed by atoms with Gasteiger partial charge in [0.1, 0.15) is 73.1 Å². The summed E-state index contributed by atoms with van der Waals surface area (Å²) in [6, 6.07) is -1.55. The second-order valence-corrected chi connectivity index (χ2v) is 10.5. The van der Waals surface area contributed by atoms with Crippen molar-refractivity contribution in [2.45, 2.75) is 111 Å². The van der Waals surface area contributed by atoms with Gasteiger partial charge in [-0.15, -0.1) is 0 Å². The number of amides is 1. The van der Waals surface area contributed by atoms with Gasteiger partial charge in [-0.1, -0.05) is 0 Å². The Morgan fingerprint density at radius 1 is 0.909 bits per heavy atom. The van der Waals surface area contributed by atoms with Crippen LogP contribution in [0.2, 0.25) is 0 Å². The molecule has 0 saturated carbocycles. The van der Waals surface area contributed by atoms with Gasteiger partial charge in [-0.25, -0.2) is 0 Å². The molecule has 0 spiro atoms. The number of aliphatic carboxylic acids is 1. The van der Waals surface area contributed by atoms with Gasteiger partial charge in [0.15, 0.2) is 12.6 Å². The van der Waals surface area contributed by atoms with E-state index in [1.165, 1.54) is 0 Å². The molecule has 0 radical (unpaired) electrons. The molecule has 0 aromatic rings. The molecule has 0 aromatic heterocycles. The molecule has 21 heteroatoms. The minimum Gasteiger partial charge on any atom is -0.544 e. The summed E-state index contributed by atoms with van der Waals surface area (Å²) in [6.45, 7) is -1.83. The summed E-state index contributed by atoms with van der Waals surface area (Å²) in [7, 11) is 0. The number of aliphatic hydroxyl groups is 11. The van der Waals surface area contributed by atoms with Gasteiger partial charge in [-0.2, -0.15) is 0 Å². The molecule has 3 aliphatic heterocycles. The Morgan fingerprint density at radius 2 is 1.48 bits per heavy atom. The van der Waals surface area contributed by atoms with Crippen molar-refractivity contribution in [3.63, 3.8) is 0 Å². The number of carbonyl (C=O) groups is 2. The van der Waals surface area contributed by atoms with Gasteiger partial charge >= 0.3 is 29.6 Å². The molecular formula is C23H38NNaO19. The average molecular weight is 656 g/mol. The van der Waals surface area contributed by atoms with Crippen LogP contribution in [0.4, 0.5) is 0 Å². The zero-order chi connectivity index (χ0) is 32.4. The number of hydrogen-bond acceptors (Lipinski definition) is 19. The van der Waals surface area contributed by atoms with Crippen molar-refractivity contribution in [1.29, 1.82) is 0 Å². The summed E-state index contributed by atoms with van der Waals surface area (Å²) in [6.07, 6.45) is -27.7. The molecule has 250 valence electrons. The van der Waals surface area contributed by atoms with E-state index in [-0.39, 0.29) is 29.6 Å². The fourth-order valence-corrected chi connectivity index (χ4v) is 5.08. The van der Waals surface area contributed by atoms with Gasteiger partial charge in [0.2, 0.25) is 11.7 Å². The Balaban J connectivity index is 0.00000675. The van der Waals surface area contributed by atoms with E-state index in [9.17, 15) is 70.9 Å². The number of ether oxygens (including phenoxy) is 5. The van der Waals surface area contributed by atoms with Gasteiger partial charge < -0.3 is 95.1 Å². The molecule has 3 aliphatic rings. The van der Waals surface area contributed by atoms with Crippen molar-refractivity contribution in [3.8, 4) is 0 Å². The molecule has 3 saturated heterocycles. The van der Waals surface area contributed by atoms with Crippen LogP contribution in [0, 0.1) is 0 Å². The predicted molar refractivity (Wildman–Crippen MR) is 127 cm³/mol. The van der Waals surface area contributed by atoms with E-state index in [0.29, 0.717) is 0 Å². The van der Waals surface area contributed by atoms with Crippen molar-refractivity contribution >= 4 is 11.9 Å². The topological polar surface area (TPSA) is 338 Å². The van der Waals surface area contributed by atoms with Crippen LogP contribution in [0.1, 0.15) is 13.3 Å². The van der Waals surface area contributed by atoms with Gasteiger partial charge in [0, 0.05) is 13.3 Å². The second kappa shape index (κ2) is 16.4. The largest absolute Gasteiger partial charge is 1.00 e. The maximum Gasteiger partial charge on any atom is 1.00 e. The van der Waals surface area contributed by atoms with E-state index in [2.05, 4.69) is 5.32 Å². The molecule has 2 unspecified atom stereocenters. The van der Waals surface area contributed by atoms with Crippen LogP contribution in [0.15, 0.2) is 0 Å². The Hall–Kier alpha value is -0.700. The third-order valence-electron chi connectivity index (χ3n) is 7.44. The summed E-state index contributed by atoms with van der Waals surface area (Å²) in [5.41, 5.74) is 0. The SMILES string of the molecule is CC(=O)N[C@H]1[C@H]([C@H](O)[C@H](O)CO)OC(OC2O[C@H](CO)[C@@H](O[C@@H]3O[C@H](CO)[C@H](O)[C@H](O)[C@H]3O)[C@H](O)[C@H]2O)(C(=O)[O-])C[C@@H]1O.[Na+]. The molecule has 0 aliphatic carbocycles. The smallest absolute Gasteiger partial charge is 0.544 e. The number of rotatable bonds is 11. The third kappa shape index (κ3) is 8.23. The van der Waals surface area contributed by atoms with Crippen LogP contribution in [0.5, 0.6) is 0 Å². The van der Waals surface area contributed by atoms with E-state index in [0.717, 1.165) is 6.92 Å². The normalized spacial score (nSPS) is 44.2. The van der Waals surface area contributed by atoms with Crippen LogP contribution < -0.4 is 40.0 Å². The van der Waals surface area contributed by atoms with E-state index in [4.69, 9.17) is 23.7 Å². The predicted octanol–water partition coefficient (Wildman–Crippen LogP) is -12.6. The van der Waals surface area contributed by atoms with Crippen molar-refractivity contribution in [3.05, 3.63) is 0 Å². The first-order valence-electron chi connectivity index (χ1n) is 13.2. The van der Waals surface area contributed by atoms with Crippen LogP contribution in [-0.2, 0) is 33.3 Å². The summed E-state index contributed by atoms with van der Waals surface area (Å²) in [4.78, 5) is 24.0. The molecule has 3 rings (SSSR count). The van der Waals surface area contributed by atoms with Gasteiger partial charge in [-0.3, -0.25) is 4.79 Å². The van der Waals surface area contributed by atoms with Gasteiger partial charge in [0.25, 0.3) is 0 Å². The van der Waals surface area contributed by atoms with Crippen molar-refractivity contribution in [2.75, 3.05) is 19.8 Å². The average Bonchev–Trinajstić information content (AvgIpc) is 2.96. The summed E-state index contributed by atoms with van der Waals surface area (Å²) >= 11 is 0. The number of carboxylic acid groups (broad SMARTS) is 1. The molecule has 3 fully saturated rings. The fraction of sp³-hybridized carbons (Fsp3) is 0.913. The summed E-state index contributed by atoms with van der Waals surface area (Å²) < 4.78 is 26.7. The van der Waals surface area contributed by atoms with Gasteiger partial charge in [0.05, 0.1) is 32.0 Å². The quantitative estimate of drug-likeness (QED) is 0.0919. The van der Waals surface area contributed by atoms with Gasteiger partial charge in [-0.05, 0) is 0 Å². The Labute approximate surface area is 271 Å². The number of hydrogen-bond donors (Lipinski definition) is 12. The number of carboxylic acids is 1. The van der Waals surface area contributed by atoms with Crippen LogP contribution >= 0.6 is 0 Å². The van der Waals surface area contributed by atoms with E-state index >= 15 is 0 Å². The van der Waals surface area contributed by atoms with E-state index in [1.807, 2.05) is 0 Å².